The predicted molar refractivity (Wildman–Crippen MR) is 70.8 cm³/mol. The van der Waals surface area contributed by atoms with Crippen molar-refractivity contribution in [3.63, 3.8) is 0 Å². The van der Waals surface area contributed by atoms with E-state index in [4.69, 9.17) is 24.7 Å². The van der Waals surface area contributed by atoms with E-state index in [9.17, 15) is 5.11 Å². The average molecular weight is 271 g/mol. The van der Waals surface area contributed by atoms with Gasteiger partial charge in [-0.2, -0.15) is 0 Å². The molecule has 6 nitrogen and oxygen atoms in total. The number of nitrogens with two attached hydrogens (primary N) is 1. The van der Waals surface area contributed by atoms with Gasteiger partial charge in [-0.05, 0) is 17.7 Å². The molecule has 0 aliphatic heterocycles. The second-order valence-electron chi connectivity index (χ2n) is 3.94. The summed E-state index contributed by atoms with van der Waals surface area (Å²) in [6.45, 7) is 0.691. The summed E-state index contributed by atoms with van der Waals surface area (Å²) in [6, 6.07) is 3.60. The van der Waals surface area contributed by atoms with Crippen molar-refractivity contribution in [2.75, 3.05) is 34.5 Å². The molecule has 6 heteroatoms. The molecule has 0 saturated carbocycles. The molecular weight excluding hydrogens is 250 g/mol. The van der Waals surface area contributed by atoms with E-state index in [0.29, 0.717) is 23.9 Å². The molecule has 0 saturated heterocycles. The SMILES string of the molecule is COc1cc(COC[C@H](O)CN)cc(OC)c1OC. The zero-order chi connectivity index (χ0) is 14.3. The Morgan fingerprint density at radius 2 is 1.68 bits per heavy atom. The third-order valence-corrected chi connectivity index (χ3v) is 2.58. The molecule has 0 aromatic heterocycles. The summed E-state index contributed by atoms with van der Waals surface area (Å²) in [6.07, 6.45) is -0.651. The van der Waals surface area contributed by atoms with Crippen molar-refractivity contribution in [2.45, 2.75) is 12.7 Å². The van der Waals surface area contributed by atoms with Crippen LogP contribution in [0.5, 0.6) is 17.2 Å². The number of hydrogen-bond acceptors (Lipinski definition) is 6. The lowest BCUT2D eigenvalue weighted by molar-refractivity contribution is 0.0328. The molecule has 0 aliphatic rings. The van der Waals surface area contributed by atoms with Gasteiger partial charge in [0.25, 0.3) is 0 Å². The Balaban J connectivity index is 2.79. The third kappa shape index (κ3) is 4.27. The summed E-state index contributed by atoms with van der Waals surface area (Å²) in [7, 11) is 4.66. The summed E-state index contributed by atoms with van der Waals surface area (Å²) >= 11 is 0. The Kier molecular flexibility index (Phi) is 6.41. The maximum Gasteiger partial charge on any atom is 0.203 e. The maximum atomic E-state index is 9.30. The van der Waals surface area contributed by atoms with Crippen LogP contribution in [0.4, 0.5) is 0 Å². The highest BCUT2D eigenvalue weighted by Crippen LogP contribution is 2.38. The van der Waals surface area contributed by atoms with Gasteiger partial charge in [0.15, 0.2) is 11.5 Å². The number of methoxy groups -OCH3 is 3. The Morgan fingerprint density at radius 1 is 1.11 bits per heavy atom. The van der Waals surface area contributed by atoms with Crippen LogP contribution in [0.2, 0.25) is 0 Å². The Bertz CT molecular complexity index is 372. The summed E-state index contributed by atoms with van der Waals surface area (Å²) in [5.74, 6) is 1.68. The van der Waals surface area contributed by atoms with Crippen LogP contribution in [0.3, 0.4) is 0 Å². The van der Waals surface area contributed by atoms with Gasteiger partial charge in [-0.15, -0.1) is 0 Å². The summed E-state index contributed by atoms with van der Waals surface area (Å²) in [5.41, 5.74) is 6.15. The molecule has 0 spiro atoms. The van der Waals surface area contributed by atoms with Crippen molar-refractivity contribution < 1.29 is 24.1 Å². The number of ether oxygens (including phenoxy) is 4. The minimum atomic E-state index is -0.651. The van der Waals surface area contributed by atoms with Crippen molar-refractivity contribution in [3.8, 4) is 17.2 Å². The molecule has 19 heavy (non-hydrogen) atoms. The second-order valence-corrected chi connectivity index (χ2v) is 3.94. The molecule has 0 heterocycles. The van der Waals surface area contributed by atoms with Crippen LogP contribution in [-0.4, -0.2) is 45.7 Å². The van der Waals surface area contributed by atoms with Gasteiger partial charge in [0.2, 0.25) is 5.75 Å². The summed E-state index contributed by atoms with van der Waals surface area (Å²) in [5, 5.41) is 9.30. The highest BCUT2D eigenvalue weighted by molar-refractivity contribution is 5.53. The first-order valence-electron chi connectivity index (χ1n) is 5.91. The predicted octanol–water partition coefficient (Wildman–Crippen LogP) is 0.549. The lowest BCUT2D eigenvalue weighted by Crippen LogP contribution is -2.24. The number of rotatable bonds is 8. The topological polar surface area (TPSA) is 83.2 Å². The van der Waals surface area contributed by atoms with Crippen LogP contribution in [0.25, 0.3) is 0 Å². The van der Waals surface area contributed by atoms with Crippen LogP contribution in [0.15, 0.2) is 12.1 Å². The first-order valence-corrected chi connectivity index (χ1v) is 5.91. The van der Waals surface area contributed by atoms with Gasteiger partial charge >= 0.3 is 0 Å². The second kappa shape index (κ2) is 7.83. The molecule has 0 bridgehead atoms. The van der Waals surface area contributed by atoms with E-state index in [2.05, 4.69) is 0 Å². The molecule has 0 aliphatic carbocycles. The normalized spacial score (nSPS) is 12.1. The van der Waals surface area contributed by atoms with E-state index in [0.717, 1.165) is 5.56 Å². The molecule has 1 atom stereocenters. The zero-order valence-corrected chi connectivity index (χ0v) is 11.5. The smallest absolute Gasteiger partial charge is 0.203 e. The molecule has 0 fully saturated rings. The monoisotopic (exact) mass is 271 g/mol. The van der Waals surface area contributed by atoms with Crippen LogP contribution < -0.4 is 19.9 Å². The fourth-order valence-electron chi connectivity index (χ4n) is 1.60. The number of benzene rings is 1. The van der Waals surface area contributed by atoms with Gasteiger partial charge < -0.3 is 29.8 Å². The fourth-order valence-corrected chi connectivity index (χ4v) is 1.60. The van der Waals surface area contributed by atoms with Gasteiger partial charge in [0.1, 0.15) is 0 Å². The molecule has 1 rings (SSSR count). The van der Waals surface area contributed by atoms with Gasteiger partial charge in [-0.1, -0.05) is 0 Å². The molecule has 0 radical (unpaired) electrons. The zero-order valence-electron chi connectivity index (χ0n) is 11.5. The highest BCUT2D eigenvalue weighted by atomic mass is 16.5. The van der Waals surface area contributed by atoms with Crippen molar-refractivity contribution in [1.82, 2.24) is 0 Å². The molecule has 3 N–H and O–H groups in total. The van der Waals surface area contributed by atoms with Gasteiger partial charge in [0, 0.05) is 6.54 Å². The Labute approximate surface area is 113 Å². The summed E-state index contributed by atoms with van der Waals surface area (Å²) in [4.78, 5) is 0. The molecule has 108 valence electrons. The lowest BCUT2D eigenvalue weighted by Gasteiger charge is -2.14. The van der Waals surface area contributed by atoms with Gasteiger partial charge in [-0.25, -0.2) is 0 Å². The minimum absolute atomic E-state index is 0.176. The molecule has 0 amide bonds. The molecule has 1 aromatic rings. The highest BCUT2D eigenvalue weighted by Gasteiger charge is 2.13. The van der Waals surface area contributed by atoms with Crippen molar-refractivity contribution in [3.05, 3.63) is 17.7 Å². The van der Waals surface area contributed by atoms with Crippen LogP contribution >= 0.6 is 0 Å². The average Bonchev–Trinajstić information content (AvgIpc) is 2.45. The van der Waals surface area contributed by atoms with E-state index in [1.807, 2.05) is 0 Å². The molecular formula is C13H21NO5. The number of aliphatic hydroxyl groups is 1. The quantitative estimate of drug-likeness (QED) is 0.718. The van der Waals surface area contributed by atoms with E-state index in [1.165, 1.54) is 0 Å². The van der Waals surface area contributed by atoms with Crippen molar-refractivity contribution in [2.24, 2.45) is 5.73 Å². The molecule has 1 aromatic carbocycles. The maximum absolute atomic E-state index is 9.30. The fraction of sp³-hybridized carbons (Fsp3) is 0.538. The van der Waals surface area contributed by atoms with E-state index < -0.39 is 6.10 Å². The number of hydrogen-bond donors (Lipinski definition) is 2. The first kappa shape index (κ1) is 15.6. The van der Waals surface area contributed by atoms with E-state index in [1.54, 1.807) is 33.5 Å². The van der Waals surface area contributed by atoms with Crippen molar-refractivity contribution in [1.29, 1.82) is 0 Å². The molecule has 0 unspecified atom stereocenters. The van der Waals surface area contributed by atoms with Crippen molar-refractivity contribution >= 4 is 0 Å². The minimum Gasteiger partial charge on any atom is -0.493 e. The largest absolute Gasteiger partial charge is 0.493 e. The van der Waals surface area contributed by atoms with Gasteiger partial charge in [-0.3, -0.25) is 0 Å². The first-order chi connectivity index (χ1) is 9.15. The standard InChI is InChI=1S/C13H21NO5/c1-16-11-4-9(7-19-8-10(15)6-14)5-12(17-2)13(11)18-3/h4-5,10,15H,6-8,14H2,1-3H3/t10-/m1/s1. The van der Waals surface area contributed by atoms with Crippen LogP contribution in [0.1, 0.15) is 5.56 Å². The van der Waals surface area contributed by atoms with Crippen LogP contribution in [0, 0.1) is 0 Å². The summed E-state index contributed by atoms with van der Waals surface area (Å²) < 4.78 is 21.1. The Morgan fingerprint density at radius 3 is 2.11 bits per heavy atom. The lowest BCUT2D eigenvalue weighted by atomic mass is 10.2. The third-order valence-electron chi connectivity index (χ3n) is 2.58. The number of aliphatic hydroxyl groups excluding tert-OH is 1. The van der Waals surface area contributed by atoms with Gasteiger partial charge in [0.05, 0.1) is 40.6 Å². The van der Waals surface area contributed by atoms with E-state index >= 15 is 0 Å². The van der Waals surface area contributed by atoms with Crippen LogP contribution in [-0.2, 0) is 11.3 Å². The Hall–Kier alpha value is -1.50. The van der Waals surface area contributed by atoms with E-state index in [-0.39, 0.29) is 13.2 Å².